The minimum absolute atomic E-state index is 0.138. The van der Waals surface area contributed by atoms with Crippen molar-refractivity contribution in [1.82, 2.24) is 14.2 Å². The lowest BCUT2D eigenvalue weighted by molar-refractivity contribution is -0.139. The monoisotopic (exact) mass is 441 g/mol. The zero-order chi connectivity index (χ0) is 20.6. The molecule has 154 valence electrons. The fourth-order valence-electron chi connectivity index (χ4n) is 3.37. The summed E-state index contributed by atoms with van der Waals surface area (Å²) in [5.74, 6) is 0. The molecule has 1 fully saturated rings. The van der Waals surface area contributed by atoms with Crippen molar-refractivity contribution in [3.8, 4) is 0 Å². The number of benzene rings is 2. The fourth-order valence-corrected chi connectivity index (χ4v) is 6.02. The van der Waals surface area contributed by atoms with Gasteiger partial charge in [0.25, 0.3) is 0 Å². The highest BCUT2D eigenvalue weighted by atomic mass is 32.2. The van der Waals surface area contributed by atoms with Crippen LogP contribution in [0.1, 0.15) is 10.6 Å². The third kappa shape index (κ3) is 4.16. The van der Waals surface area contributed by atoms with Crippen molar-refractivity contribution in [1.29, 1.82) is 0 Å². The number of piperazine rings is 1. The molecule has 5 nitrogen and oxygen atoms in total. The highest BCUT2D eigenvalue weighted by molar-refractivity contribution is 7.89. The van der Waals surface area contributed by atoms with E-state index in [9.17, 15) is 21.6 Å². The number of fused-ring (bicyclic) bond motifs is 1. The number of hydrogen-bond acceptors (Lipinski definition) is 5. The molecule has 0 unspecified atom stereocenters. The van der Waals surface area contributed by atoms with E-state index in [1.165, 1.54) is 12.1 Å². The molecule has 0 spiro atoms. The summed E-state index contributed by atoms with van der Waals surface area (Å²) in [6.45, 7) is 1.73. The number of para-hydroxylation sites is 1. The maximum atomic E-state index is 13.2. The average Bonchev–Trinajstić information content (AvgIpc) is 3.10. The second-order valence-corrected chi connectivity index (χ2v) is 9.77. The van der Waals surface area contributed by atoms with Gasteiger partial charge in [0.15, 0.2) is 0 Å². The number of halogens is 3. The van der Waals surface area contributed by atoms with Gasteiger partial charge in [-0.25, -0.2) is 13.4 Å². The normalized spacial score (nSPS) is 17.1. The van der Waals surface area contributed by atoms with Crippen LogP contribution in [0.25, 0.3) is 10.2 Å². The van der Waals surface area contributed by atoms with Crippen LogP contribution in [0.5, 0.6) is 0 Å². The van der Waals surface area contributed by atoms with Crippen LogP contribution in [-0.2, 0) is 22.7 Å². The molecule has 10 heteroatoms. The maximum absolute atomic E-state index is 13.2. The zero-order valence-corrected chi connectivity index (χ0v) is 16.9. The van der Waals surface area contributed by atoms with Crippen LogP contribution in [0.2, 0.25) is 0 Å². The van der Waals surface area contributed by atoms with Gasteiger partial charge in [0.1, 0.15) is 5.01 Å². The first-order valence-electron chi connectivity index (χ1n) is 8.98. The summed E-state index contributed by atoms with van der Waals surface area (Å²) >= 11 is 1.59. The summed E-state index contributed by atoms with van der Waals surface area (Å²) < 4.78 is 67.6. The number of hydrogen-bond donors (Lipinski definition) is 0. The molecule has 0 N–H and O–H groups in total. The highest BCUT2D eigenvalue weighted by Gasteiger charge is 2.39. The Morgan fingerprint density at radius 2 is 1.62 bits per heavy atom. The standard InChI is InChI=1S/C19H18F3N3O2S2/c20-19(21,22)14-5-1-4-8-17(14)29(26,27)25-11-9-24(10-12-25)13-18-23-15-6-2-3-7-16(15)28-18/h1-8H,9-13H2. The molecule has 1 aliphatic rings. The number of alkyl halides is 3. The number of aromatic nitrogens is 1. The third-order valence-corrected chi connectivity index (χ3v) is 7.82. The summed E-state index contributed by atoms with van der Waals surface area (Å²) in [7, 11) is -4.22. The molecule has 4 rings (SSSR count). The topological polar surface area (TPSA) is 53.5 Å². The molecule has 1 saturated heterocycles. The lowest BCUT2D eigenvalue weighted by Gasteiger charge is -2.33. The molecule has 0 atom stereocenters. The molecule has 0 aliphatic carbocycles. The first kappa shape index (κ1) is 20.3. The molecule has 0 amide bonds. The summed E-state index contributed by atoms with van der Waals surface area (Å²) in [4.78, 5) is 5.96. The van der Waals surface area contributed by atoms with E-state index in [1.807, 2.05) is 24.3 Å². The predicted octanol–water partition coefficient (Wildman–Crippen LogP) is 3.82. The zero-order valence-electron chi connectivity index (χ0n) is 15.3. The van der Waals surface area contributed by atoms with E-state index >= 15 is 0 Å². The highest BCUT2D eigenvalue weighted by Crippen LogP contribution is 2.35. The second kappa shape index (κ2) is 7.67. The maximum Gasteiger partial charge on any atom is 0.417 e. The van der Waals surface area contributed by atoms with Gasteiger partial charge in [-0.3, -0.25) is 4.90 Å². The Kier molecular flexibility index (Phi) is 5.36. The SMILES string of the molecule is O=S(=O)(c1ccccc1C(F)(F)F)N1CCN(Cc2nc3ccccc3s2)CC1. The molecule has 29 heavy (non-hydrogen) atoms. The number of rotatable bonds is 4. The first-order valence-corrected chi connectivity index (χ1v) is 11.2. The van der Waals surface area contributed by atoms with Gasteiger partial charge in [-0.15, -0.1) is 11.3 Å². The molecule has 1 aromatic heterocycles. The molecule has 0 saturated carbocycles. The van der Waals surface area contributed by atoms with Gasteiger partial charge < -0.3 is 0 Å². The fraction of sp³-hybridized carbons (Fsp3) is 0.316. The Morgan fingerprint density at radius 1 is 0.966 bits per heavy atom. The lowest BCUT2D eigenvalue weighted by atomic mass is 10.2. The van der Waals surface area contributed by atoms with E-state index in [2.05, 4.69) is 9.88 Å². The van der Waals surface area contributed by atoms with Crippen LogP contribution in [-0.4, -0.2) is 48.8 Å². The van der Waals surface area contributed by atoms with Crippen molar-refractivity contribution in [3.05, 3.63) is 59.1 Å². The van der Waals surface area contributed by atoms with E-state index in [0.717, 1.165) is 31.7 Å². The van der Waals surface area contributed by atoms with Crippen molar-refractivity contribution in [2.45, 2.75) is 17.6 Å². The van der Waals surface area contributed by atoms with Crippen molar-refractivity contribution >= 4 is 31.6 Å². The Hall–Kier alpha value is -2.01. The molecule has 2 heterocycles. The predicted molar refractivity (Wildman–Crippen MR) is 105 cm³/mol. The van der Waals surface area contributed by atoms with E-state index in [1.54, 1.807) is 11.3 Å². The van der Waals surface area contributed by atoms with Crippen molar-refractivity contribution in [3.63, 3.8) is 0 Å². The van der Waals surface area contributed by atoms with Gasteiger partial charge in [-0.05, 0) is 24.3 Å². The Balaban J connectivity index is 1.46. The van der Waals surface area contributed by atoms with Crippen molar-refractivity contribution in [2.24, 2.45) is 0 Å². The van der Waals surface area contributed by atoms with E-state index < -0.39 is 26.7 Å². The quantitative estimate of drug-likeness (QED) is 0.618. The molecule has 3 aromatic rings. The number of sulfonamides is 1. The van der Waals surface area contributed by atoms with Gasteiger partial charge >= 0.3 is 6.18 Å². The van der Waals surface area contributed by atoms with Gasteiger partial charge in [0.2, 0.25) is 10.0 Å². The largest absolute Gasteiger partial charge is 0.417 e. The van der Waals surface area contributed by atoms with Crippen LogP contribution < -0.4 is 0 Å². The lowest BCUT2D eigenvalue weighted by Crippen LogP contribution is -2.48. The Morgan fingerprint density at radius 3 is 2.31 bits per heavy atom. The van der Waals surface area contributed by atoms with E-state index in [4.69, 9.17) is 0 Å². The molecule has 0 radical (unpaired) electrons. The smallest absolute Gasteiger partial charge is 0.294 e. The van der Waals surface area contributed by atoms with Gasteiger partial charge in [-0.2, -0.15) is 17.5 Å². The van der Waals surface area contributed by atoms with Crippen LogP contribution in [0.15, 0.2) is 53.4 Å². The van der Waals surface area contributed by atoms with Crippen LogP contribution in [0.4, 0.5) is 13.2 Å². The molecule has 2 aromatic carbocycles. The minimum atomic E-state index is -4.72. The van der Waals surface area contributed by atoms with Gasteiger partial charge in [-0.1, -0.05) is 24.3 Å². The van der Waals surface area contributed by atoms with Crippen LogP contribution >= 0.6 is 11.3 Å². The molecule has 1 aliphatic heterocycles. The van der Waals surface area contributed by atoms with E-state index in [0.29, 0.717) is 19.6 Å². The Labute approximate surface area is 170 Å². The van der Waals surface area contributed by atoms with Crippen molar-refractivity contribution in [2.75, 3.05) is 26.2 Å². The van der Waals surface area contributed by atoms with Crippen LogP contribution in [0.3, 0.4) is 0 Å². The summed E-state index contributed by atoms with van der Waals surface area (Å²) in [6.07, 6.45) is -4.72. The van der Waals surface area contributed by atoms with Crippen molar-refractivity contribution < 1.29 is 21.6 Å². The summed E-state index contributed by atoms with van der Waals surface area (Å²) in [5, 5.41) is 0.935. The Bertz CT molecular complexity index is 1090. The molecular formula is C19H18F3N3O2S2. The van der Waals surface area contributed by atoms with Gasteiger partial charge in [0.05, 0.1) is 27.2 Å². The minimum Gasteiger partial charge on any atom is -0.294 e. The molecular weight excluding hydrogens is 423 g/mol. The van der Waals surface area contributed by atoms with Crippen LogP contribution in [0, 0.1) is 0 Å². The summed E-state index contributed by atoms with van der Waals surface area (Å²) in [5.41, 5.74) is -0.200. The van der Waals surface area contributed by atoms with Gasteiger partial charge in [0, 0.05) is 26.2 Å². The summed E-state index contributed by atoms with van der Waals surface area (Å²) in [6, 6.07) is 12.1. The second-order valence-electron chi connectivity index (χ2n) is 6.75. The number of thiazole rings is 1. The number of nitrogens with zero attached hydrogens (tertiary/aromatic N) is 3. The molecule has 0 bridgehead atoms. The third-order valence-electron chi connectivity index (χ3n) is 4.84. The van der Waals surface area contributed by atoms with E-state index in [-0.39, 0.29) is 13.1 Å². The average molecular weight is 442 g/mol. The first-order chi connectivity index (χ1) is 13.7.